The predicted octanol–water partition coefficient (Wildman–Crippen LogP) is 0.751. The fourth-order valence-electron chi connectivity index (χ4n) is 2.65. The van der Waals surface area contributed by atoms with Crippen molar-refractivity contribution in [3.05, 3.63) is 22.5 Å². The average Bonchev–Trinajstić information content (AvgIpc) is 2.93. The average molecular weight is 265 g/mol. The summed E-state index contributed by atoms with van der Waals surface area (Å²) < 4.78 is 0. The van der Waals surface area contributed by atoms with E-state index in [1.54, 1.807) is 18.7 Å². The number of hydrogen-bond donors (Lipinski definition) is 3. The standard InChI is InChI=1S/C13H19N3O3/c1-7-10(8(2)15-11(7)13(18)19)12(17)16-4-3-9(5-14)6-16/h9,15H,3-6,14H2,1-2H3,(H,18,19). The fourth-order valence-corrected chi connectivity index (χ4v) is 2.65. The number of H-pyrrole nitrogens is 1. The molecule has 6 nitrogen and oxygen atoms in total. The molecule has 0 radical (unpaired) electrons. The van der Waals surface area contributed by atoms with Crippen molar-refractivity contribution in [3.63, 3.8) is 0 Å². The van der Waals surface area contributed by atoms with Crippen molar-refractivity contribution < 1.29 is 14.7 Å². The van der Waals surface area contributed by atoms with E-state index in [1.807, 2.05) is 0 Å². The summed E-state index contributed by atoms with van der Waals surface area (Å²) in [5.74, 6) is -0.793. The SMILES string of the molecule is Cc1[nH]c(C(=O)O)c(C)c1C(=O)N1CCC(CN)C1. The number of carbonyl (C=O) groups is 2. The minimum Gasteiger partial charge on any atom is -0.477 e. The predicted molar refractivity (Wildman–Crippen MR) is 70.3 cm³/mol. The second kappa shape index (κ2) is 5.05. The number of amides is 1. The Morgan fingerprint density at radius 2 is 2.16 bits per heavy atom. The summed E-state index contributed by atoms with van der Waals surface area (Å²) in [6.07, 6.45) is 0.913. The molecule has 1 aliphatic heterocycles. The lowest BCUT2D eigenvalue weighted by Gasteiger charge is -2.16. The fraction of sp³-hybridized carbons (Fsp3) is 0.538. The van der Waals surface area contributed by atoms with E-state index in [9.17, 15) is 9.59 Å². The molecule has 1 saturated heterocycles. The molecule has 0 bridgehead atoms. The van der Waals surface area contributed by atoms with Crippen LogP contribution < -0.4 is 5.73 Å². The molecule has 1 fully saturated rings. The van der Waals surface area contributed by atoms with E-state index in [0.717, 1.165) is 6.42 Å². The number of nitrogens with two attached hydrogens (primary N) is 1. The molecule has 1 amide bonds. The molecule has 2 rings (SSSR count). The highest BCUT2D eigenvalue weighted by Gasteiger charge is 2.30. The Labute approximate surface area is 111 Å². The van der Waals surface area contributed by atoms with Crippen LogP contribution in [0.2, 0.25) is 0 Å². The number of aromatic amines is 1. The van der Waals surface area contributed by atoms with Gasteiger partial charge in [0, 0.05) is 18.8 Å². The minimum atomic E-state index is -1.04. The van der Waals surface area contributed by atoms with Gasteiger partial charge in [0.2, 0.25) is 0 Å². The van der Waals surface area contributed by atoms with E-state index in [2.05, 4.69) is 4.98 Å². The van der Waals surface area contributed by atoms with Crippen LogP contribution in [0.4, 0.5) is 0 Å². The molecule has 4 N–H and O–H groups in total. The Kier molecular flexibility index (Phi) is 3.61. The first-order valence-corrected chi connectivity index (χ1v) is 6.37. The summed E-state index contributed by atoms with van der Waals surface area (Å²) in [7, 11) is 0. The maximum Gasteiger partial charge on any atom is 0.352 e. The Bertz CT molecular complexity index is 521. The summed E-state index contributed by atoms with van der Waals surface area (Å²) in [6, 6.07) is 0. The van der Waals surface area contributed by atoms with E-state index in [1.165, 1.54) is 0 Å². The van der Waals surface area contributed by atoms with Gasteiger partial charge in [-0.05, 0) is 38.3 Å². The molecule has 19 heavy (non-hydrogen) atoms. The Morgan fingerprint density at radius 1 is 1.47 bits per heavy atom. The highest BCUT2D eigenvalue weighted by molar-refractivity contribution is 6.00. The number of rotatable bonds is 3. The first kappa shape index (κ1) is 13.6. The van der Waals surface area contributed by atoms with E-state index in [0.29, 0.717) is 42.4 Å². The Balaban J connectivity index is 2.27. The summed E-state index contributed by atoms with van der Waals surface area (Å²) in [5, 5.41) is 9.06. The highest BCUT2D eigenvalue weighted by Crippen LogP contribution is 2.23. The zero-order valence-corrected chi connectivity index (χ0v) is 11.2. The second-order valence-corrected chi connectivity index (χ2v) is 5.07. The summed E-state index contributed by atoms with van der Waals surface area (Å²) in [5.41, 5.74) is 7.30. The van der Waals surface area contributed by atoms with Crippen molar-refractivity contribution in [1.29, 1.82) is 0 Å². The van der Waals surface area contributed by atoms with Crippen LogP contribution in [0, 0.1) is 19.8 Å². The van der Waals surface area contributed by atoms with Crippen molar-refractivity contribution in [2.75, 3.05) is 19.6 Å². The number of nitrogens with one attached hydrogen (secondary N) is 1. The van der Waals surface area contributed by atoms with E-state index < -0.39 is 5.97 Å². The van der Waals surface area contributed by atoms with Gasteiger partial charge in [-0.2, -0.15) is 0 Å². The molecule has 2 heterocycles. The van der Waals surface area contributed by atoms with Crippen molar-refractivity contribution in [1.82, 2.24) is 9.88 Å². The minimum absolute atomic E-state index is 0.0930. The van der Waals surface area contributed by atoms with Gasteiger partial charge in [-0.15, -0.1) is 0 Å². The molecule has 1 atom stereocenters. The molecule has 1 aliphatic rings. The smallest absolute Gasteiger partial charge is 0.352 e. The number of carbonyl (C=O) groups excluding carboxylic acids is 1. The van der Waals surface area contributed by atoms with Gasteiger partial charge in [0.1, 0.15) is 5.69 Å². The molecule has 104 valence electrons. The van der Waals surface area contributed by atoms with Gasteiger partial charge in [-0.25, -0.2) is 4.79 Å². The van der Waals surface area contributed by atoms with Crippen LogP contribution in [0.25, 0.3) is 0 Å². The van der Waals surface area contributed by atoms with Crippen LogP contribution in [0.3, 0.4) is 0 Å². The van der Waals surface area contributed by atoms with Gasteiger partial charge in [0.25, 0.3) is 5.91 Å². The molecule has 1 aromatic heterocycles. The first-order chi connectivity index (χ1) is 8.95. The van der Waals surface area contributed by atoms with E-state index in [-0.39, 0.29) is 11.6 Å². The summed E-state index contributed by atoms with van der Waals surface area (Å²) in [4.78, 5) is 28.0. The summed E-state index contributed by atoms with van der Waals surface area (Å²) >= 11 is 0. The van der Waals surface area contributed by atoms with Crippen LogP contribution in [-0.2, 0) is 0 Å². The molecular formula is C13H19N3O3. The topological polar surface area (TPSA) is 99.4 Å². The van der Waals surface area contributed by atoms with Gasteiger partial charge in [0.15, 0.2) is 0 Å². The number of aromatic carboxylic acids is 1. The van der Waals surface area contributed by atoms with Crippen LogP contribution in [-0.4, -0.2) is 46.5 Å². The van der Waals surface area contributed by atoms with Crippen LogP contribution in [0.1, 0.15) is 38.5 Å². The number of carboxylic acids is 1. The maximum atomic E-state index is 12.5. The number of likely N-dealkylation sites (tertiary alicyclic amines) is 1. The maximum absolute atomic E-state index is 12.5. The van der Waals surface area contributed by atoms with Crippen LogP contribution in [0.15, 0.2) is 0 Å². The highest BCUT2D eigenvalue weighted by atomic mass is 16.4. The number of carboxylic acid groups (broad SMARTS) is 1. The van der Waals surface area contributed by atoms with E-state index >= 15 is 0 Å². The quantitative estimate of drug-likeness (QED) is 0.751. The van der Waals surface area contributed by atoms with Crippen LogP contribution >= 0.6 is 0 Å². The number of hydrogen-bond acceptors (Lipinski definition) is 3. The van der Waals surface area contributed by atoms with Crippen molar-refractivity contribution in [2.24, 2.45) is 11.7 Å². The van der Waals surface area contributed by atoms with Crippen molar-refractivity contribution in [2.45, 2.75) is 20.3 Å². The zero-order valence-electron chi connectivity index (χ0n) is 11.2. The molecule has 0 spiro atoms. The lowest BCUT2D eigenvalue weighted by Crippen LogP contribution is -2.30. The van der Waals surface area contributed by atoms with E-state index in [4.69, 9.17) is 10.8 Å². The van der Waals surface area contributed by atoms with Gasteiger partial charge in [-0.3, -0.25) is 4.79 Å². The number of aromatic nitrogens is 1. The normalized spacial score (nSPS) is 18.9. The molecule has 6 heteroatoms. The third-order valence-electron chi connectivity index (χ3n) is 3.77. The third-order valence-corrected chi connectivity index (χ3v) is 3.77. The molecule has 0 saturated carbocycles. The lowest BCUT2D eigenvalue weighted by atomic mass is 10.1. The van der Waals surface area contributed by atoms with Crippen molar-refractivity contribution in [3.8, 4) is 0 Å². The molecule has 0 aromatic carbocycles. The third kappa shape index (κ3) is 2.35. The zero-order chi connectivity index (χ0) is 14.2. The van der Waals surface area contributed by atoms with Crippen LogP contribution in [0.5, 0.6) is 0 Å². The number of aryl methyl sites for hydroxylation is 1. The van der Waals surface area contributed by atoms with Gasteiger partial charge in [-0.1, -0.05) is 0 Å². The Hall–Kier alpha value is -1.82. The summed E-state index contributed by atoms with van der Waals surface area (Å²) in [6.45, 7) is 5.31. The molecular weight excluding hydrogens is 246 g/mol. The van der Waals surface area contributed by atoms with Gasteiger partial charge >= 0.3 is 5.97 Å². The van der Waals surface area contributed by atoms with Gasteiger partial charge < -0.3 is 20.7 Å². The van der Waals surface area contributed by atoms with Gasteiger partial charge in [0.05, 0.1) is 5.56 Å². The first-order valence-electron chi connectivity index (χ1n) is 6.37. The van der Waals surface area contributed by atoms with Crippen molar-refractivity contribution >= 4 is 11.9 Å². The monoisotopic (exact) mass is 265 g/mol. The molecule has 1 aromatic rings. The molecule has 1 unspecified atom stereocenters. The molecule has 0 aliphatic carbocycles. The Morgan fingerprint density at radius 3 is 2.63 bits per heavy atom. The largest absolute Gasteiger partial charge is 0.477 e. The number of nitrogens with zero attached hydrogens (tertiary/aromatic N) is 1. The second-order valence-electron chi connectivity index (χ2n) is 5.07. The lowest BCUT2D eigenvalue weighted by molar-refractivity contribution is 0.0690.